The number of fused-ring (bicyclic) bond motifs is 2. The van der Waals surface area contributed by atoms with Gasteiger partial charge in [-0.3, -0.25) is 0 Å². The van der Waals surface area contributed by atoms with Crippen LogP contribution in [0.25, 0.3) is 33.3 Å². The van der Waals surface area contributed by atoms with Gasteiger partial charge >= 0.3 is 0 Å². The van der Waals surface area contributed by atoms with E-state index < -0.39 is 0 Å². The van der Waals surface area contributed by atoms with Crippen LogP contribution in [0.15, 0.2) is 24.5 Å². The molecule has 0 saturated heterocycles. The van der Waals surface area contributed by atoms with Gasteiger partial charge in [0, 0.05) is 17.4 Å². The Balaban J connectivity index is 2.06. The van der Waals surface area contributed by atoms with Crippen molar-refractivity contribution >= 4 is 39.4 Å². The Morgan fingerprint density at radius 1 is 1.23 bits per heavy atom. The molecule has 0 bridgehead atoms. The third-order valence-corrected chi connectivity index (χ3v) is 4.79. The largest absolute Gasteiger partial charge is 0.383 e. The maximum Gasteiger partial charge on any atom is 0.164 e. The minimum Gasteiger partial charge on any atom is -0.383 e. The molecule has 0 aliphatic heterocycles. The van der Waals surface area contributed by atoms with Crippen LogP contribution in [0, 0.1) is 0 Å². The van der Waals surface area contributed by atoms with Crippen molar-refractivity contribution in [1.82, 2.24) is 24.7 Å². The normalized spacial score (nSPS) is 12.3. The first-order valence-electron chi connectivity index (χ1n) is 8.31. The van der Waals surface area contributed by atoms with Crippen LogP contribution < -0.4 is 11.5 Å². The lowest BCUT2D eigenvalue weighted by Gasteiger charge is -2.19. The summed E-state index contributed by atoms with van der Waals surface area (Å²) < 4.78 is 1.85. The quantitative estimate of drug-likeness (QED) is 0.501. The highest BCUT2D eigenvalue weighted by Gasteiger charge is 2.26. The number of halogens is 1. The first kappa shape index (κ1) is 16.8. The van der Waals surface area contributed by atoms with Gasteiger partial charge in [0.25, 0.3) is 0 Å². The maximum atomic E-state index is 6.67. The van der Waals surface area contributed by atoms with Crippen LogP contribution >= 0.6 is 11.6 Å². The lowest BCUT2D eigenvalue weighted by Crippen LogP contribution is -2.23. The van der Waals surface area contributed by atoms with Crippen molar-refractivity contribution in [3.05, 3.63) is 35.1 Å². The van der Waals surface area contributed by atoms with E-state index in [4.69, 9.17) is 28.2 Å². The number of nitrogens with two attached hydrogens (primary N) is 2. The zero-order chi connectivity index (χ0) is 18.6. The van der Waals surface area contributed by atoms with Crippen molar-refractivity contribution in [2.24, 2.45) is 5.73 Å². The highest BCUT2D eigenvalue weighted by Crippen LogP contribution is 2.39. The van der Waals surface area contributed by atoms with Crippen LogP contribution in [-0.2, 0) is 12.1 Å². The fourth-order valence-electron chi connectivity index (χ4n) is 3.12. The Hall–Kier alpha value is -2.64. The van der Waals surface area contributed by atoms with E-state index in [1.165, 1.54) is 6.33 Å². The zero-order valence-electron chi connectivity index (χ0n) is 14.8. The summed E-state index contributed by atoms with van der Waals surface area (Å²) in [6.07, 6.45) is 1.45. The molecule has 134 valence electrons. The van der Waals surface area contributed by atoms with Crippen molar-refractivity contribution in [1.29, 1.82) is 0 Å². The molecule has 3 aromatic heterocycles. The number of H-pyrrole nitrogens is 1. The van der Waals surface area contributed by atoms with Crippen LogP contribution in [0.2, 0.25) is 5.02 Å². The van der Waals surface area contributed by atoms with Gasteiger partial charge in [-0.05, 0) is 32.4 Å². The molecule has 0 spiro atoms. The molecule has 0 atom stereocenters. The highest BCUT2D eigenvalue weighted by atomic mass is 35.5. The van der Waals surface area contributed by atoms with Crippen molar-refractivity contribution in [3.8, 4) is 11.4 Å². The van der Waals surface area contributed by atoms with E-state index in [0.717, 1.165) is 16.5 Å². The zero-order valence-corrected chi connectivity index (χ0v) is 15.6. The summed E-state index contributed by atoms with van der Waals surface area (Å²) in [5, 5.41) is 6.97. The second-order valence-electron chi connectivity index (χ2n) is 7.29. The smallest absolute Gasteiger partial charge is 0.164 e. The monoisotopic (exact) mass is 369 g/mol. The molecule has 4 rings (SSSR count). The molecule has 8 heteroatoms. The predicted molar refractivity (Wildman–Crippen MR) is 105 cm³/mol. The molecule has 5 N–H and O–H groups in total. The number of nitrogen functional groups attached to an aromatic ring is 1. The van der Waals surface area contributed by atoms with Crippen LogP contribution in [-0.4, -0.2) is 24.7 Å². The summed E-state index contributed by atoms with van der Waals surface area (Å²) in [5.74, 6) is 0.373. The van der Waals surface area contributed by atoms with Crippen LogP contribution in [0.5, 0.6) is 0 Å². The Morgan fingerprint density at radius 3 is 2.69 bits per heavy atom. The van der Waals surface area contributed by atoms with Crippen molar-refractivity contribution in [2.75, 3.05) is 5.73 Å². The lowest BCUT2D eigenvalue weighted by molar-refractivity contribution is 0.366. The molecular weight excluding hydrogens is 350 g/mol. The van der Waals surface area contributed by atoms with E-state index in [-0.39, 0.29) is 5.54 Å². The molecule has 0 fully saturated rings. The number of benzene rings is 1. The van der Waals surface area contributed by atoms with E-state index in [2.05, 4.69) is 35.7 Å². The number of nitrogens with one attached hydrogen (secondary N) is 1. The molecule has 1 aromatic carbocycles. The minimum absolute atomic E-state index is 0.275. The number of anilines is 1. The molecule has 4 aromatic rings. The van der Waals surface area contributed by atoms with Gasteiger partial charge in [0.05, 0.1) is 21.6 Å². The Morgan fingerprint density at radius 2 is 2.00 bits per heavy atom. The molecule has 0 aliphatic rings. The number of aromatic nitrogens is 5. The summed E-state index contributed by atoms with van der Waals surface area (Å²) in [7, 11) is 0. The molecule has 0 amide bonds. The summed E-state index contributed by atoms with van der Waals surface area (Å²) in [6, 6.07) is 5.92. The second kappa shape index (κ2) is 5.69. The van der Waals surface area contributed by atoms with Crippen LogP contribution in [0.3, 0.4) is 0 Å². The summed E-state index contributed by atoms with van der Waals surface area (Å²) in [5.41, 5.74) is 15.6. The van der Waals surface area contributed by atoms with Crippen molar-refractivity contribution < 1.29 is 0 Å². The summed E-state index contributed by atoms with van der Waals surface area (Å²) >= 11 is 6.67. The van der Waals surface area contributed by atoms with Gasteiger partial charge in [0.15, 0.2) is 5.65 Å². The first-order chi connectivity index (χ1) is 12.3. The minimum atomic E-state index is -0.275. The average Bonchev–Trinajstić information content (AvgIpc) is 3.13. The Kier molecular flexibility index (Phi) is 3.68. The van der Waals surface area contributed by atoms with E-state index in [1.807, 2.05) is 22.9 Å². The van der Waals surface area contributed by atoms with E-state index >= 15 is 0 Å². The fraction of sp³-hybridized carbons (Fsp3) is 0.278. The van der Waals surface area contributed by atoms with E-state index in [0.29, 0.717) is 39.8 Å². The van der Waals surface area contributed by atoms with Gasteiger partial charge in [-0.1, -0.05) is 23.7 Å². The Bertz CT molecular complexity index is 1130. The Labute approximate surface area is 155 Å². The molecule has 0 saturated carbocycles. The van der Waals surface area contributed by atoms with Gasteiger partial charge in [-0.15, -0.1) is 0 Å². The predicted octanol–water partition coefficient (Wildman–Crippen LogP) is 3.42. The van der Waals surface area contributed by atoms with Crippen molar-refractivity contribution in [3.63, 3.8) is 0 Å². The SMILES string of the molecule is CC(C)(C)n1nc(-c2[nH]c3cc(CN)ccc3c2Cl)c2c(N)ncnc21. The molecule has 26 heavy (non-hydrogen) atoms. The maximum absolute atomic E-state index is 6.67. The van der Waals surface area contributed by atoms with E-state index in [1.54, 1.807) is 0 Å². The van der Waals surface area contributed by atoms with E-state index in [9.17, 15) is 0 Å². The molecule has 0 unspecified atom stereocenters. The van der Waals surface area contributed by atoms with Gasteiger partial charge in [-0.2, -0.15) is 5.10 Å². The number of rotatable bonds is 2. The van der Waals surface area contributed by atoms with Crippen molar-refractivity contribution in [2.45, 2.75) is 32.9 Å². The van der Waals surface area contributed by atoms with Gasteiger partial charge < -0.3 is 16.5 Å². The number of nitrogens with zero attached hydrogens (tertiary/aromatic N) is 4. The average molecular weight is 370 g/mol. The van der Waals surface area contributed by atoms with Gasteiger partial charge in [-0.25, -0.2) is 14.6 Å². The van der Waals surface area contributed by atoms with Crippen LogP contribution in [0.1, 0.15) is 26.3 Å². The number of hydrogen-bond acceptors (Lipinski definition) is 5. The second-order valence-corrected chi connectivity index (χ2v) is 7.66. The molecule has 0 aliphatic carbocycles. The van der Waals surface area contributed by atoms with Gasteiger partial charge in [0.1, 0.15) is 17.8 Å². The molecule has 0 radical (unpaired) electrons. The number of aromatic amines is 1. The van der Waals surface area contributed by atoms with Crippen LogP contribution in [0.4, 0.5) is 5.82 Å². The third-order valence-electron chi connectivity index (χ3n) is 4.40. The molecular formula is C18H20ClN7. The van der Waals surface area contributed by atoms with Gasteiger partial charge in [0.2, 0.25) is 0 Å². The first-order valence-corrected chi connectivity index (χ1v) is 8.69. The molecule has 7 nitrogen and oxygen atoms in total. The fourth-order valence-corrected chi connectivity index (χ4v) is 3.42. The highest BCUT2D eigenvalue weighted by molar-refractivity contribution is 6.38. The summed E-state index contributed by atoms with van der Waals surface area (Å²) in [6.45, 7) is 6.63. The topological polar surface area (TPSA) is 111 Å². The number of hydrogen-bond donors (Lipinski definition) is 3. The lowest BCUT2D eigenvalue weighted by atomic mass is 10.1. The standard InChI is InChI=1S/C18H20ClN7/c1-18(2,3)26-17-12(16(21)22-8-23-17)14(25-26)15-13(19)10-5-4-9(7-20)6-11(10)24-15/h4-6,8,24H,7,20H2,1-3H3,(H2,21,22,23). The third kappa shape index (κ3) is 2.43. The summed E-state index contributed by atoms with van der Waals surface area (Å²) in [4.78, 5) is 11.9. The molecule has 3 heterocycles.